The van der Waals surface area contributed by atoms with Crippen molar-refractivity contribution in [2.75, 3.05) is 6.54 Å². The number of rotatable bonds is 6. The molecule has 2 rings (SSSR count). The number of aryl methyl sites for hydroxylation is 1. The largest absolute Gasteiger partial charge is 0.313 e. The van der Waals surface area contributed by atoms with Crippen molar-refractivity contribution in [2.24, 2.45) is 0 Å². The van der Waals surface area contributed by atoms with Crippen LogP contribution in [0.5, 0.6) is 0 Å². The average Bonchev–Trinajstić information content (AvgIpc) is 2.72. The quantitative estimate of drug-likeness (QED) is 0.788. The molecule has 0 saturated carbocycles. The van der Waals surface area contributed by atoms with Gasteiger partial charge >= 0.3 is 0 Å². The zero-order valence-corrected chi connectivity index (χ0v) is 14.1. The number of halogens is 2. The molecule has 3 nitrogen and oxygen atoms in total. The Hall–Kier alpha value is -0.840. The lowest BCUT2D eigenvalue weighted by Crippen LogP contribution is -2.13. The highest BCUT2D eigenvalue weighted by molar-refractivity contribution is 9.10. The standard InChI is InChI=1S/C15H19BrClN3/c1-3-6-18-8-12-4-5-13(14(16)7-12)9-20-10-15(17)11(2)19-20/h4-5,7,10,18H,3,6,8-9H2,1-2H3. The number of hydrogen-bond acceptors (Lipinski definition) is 2. The summed E-state index contributed by atoms with van der Waals surface area (Å²) in [5.74, 6) is 0. The molecule has 1 aromatic carbocycles. The van der Waals surface area contributed by atoms with Gasteiger partial charge in [0.25, 0.3) is 0 Å². The summed E-state index contributed by atoms with van der Waals surface area (Å²) < 4.78 is 2.98. The highest BCUT2D eigenvalue weighted by Crippen LogP contribution is 2.21. The first-order chi connectivity index (χ1) is 9.60. The second-order valence-electron chi connectivity index (χ2n) is 4.86. The second kappa shape index (κ2) is 7.25. The molecular formula is C15H19BrClN3. The molecule has 0 amide bonds. The van der Waals surface area contributed by atoms with Crippen molar-refractivity contribution in [3.8, 4) is 0 Å². The molecule has 0 atom stereocenters. The summed E-state index contributed by atoms with van der Waals surface area (Å²) in [5.41, 5.74) is 3.34. The fourth-order valence-corrected chi connectivity index (χ4v) is 2.69. The van der Waals surface area contributed by atoms with Gasteiger partial charge < -0.3 is 5.32 Å². The van der Waals surface area contributed by atoms with E-state index in [0.717, 1.165) is 36.2 Å². The van der Waals surface area contributed by atoms with E-state index in [9.17, 15) is 0 Å². The Labute approximate surface area is 133 Å². The first-order valence-corrected chi connectivity index (χ1v) is 7.94. The van der Waals surface area contributed by atoms with E-state index < -0.39 is 0 Å². The Morgan fingerprint density at radius 2 is 2.20 bits per heavy atom. The lowest BCUT2D eigenvalue weighted by Gasteiger charge is -2.08. The SMILES string of the molecule is CCCNCc1ccc(Cn2cc(Cl)c(C)n2)c(Br)c1. The summed E-state index contributed by atoms with van der Waals surface area (Å²) in [7, 11) is 0. The Morgan fingerprint density at radius 3 is 2.80 bits per heavy atom. The minimum Gasteiger partial charge on any atom is -0.313 e. The summed E-state index contributed by atoms with van der Waals surface area (Å²) in [6.07, 6.45) is 3.01. The molecule has 1 N–H and O–H groups in total. The fourth-order valence-electron chi connectivity index (χ4n) is 1.99. The van der Waals surface area contributed by atoms with Crippen LogP contribution in [0.2, 0.25) is 5.02 Å². The van der Waals surface area contributed by atoms with Crippen LogP contribution in [-0.2, 0) is 13.1 Å². The van der Waals surface area contributed by atoms with E-state index >= 15 is 0 Å². The minimum atomic E-state index is 0.710. The third kappa shape index (κ3) is 4.08. The molecule has 108 valence electrons. The molecule has 0 fully saturated rings. The van der Waals surface area contributed by atoms with Crippen molar-refractivity contribution in [3.05, 3.63) is 50.7 Å². The molecule has 2 aromatic rings. The van der Waals surface area contributed by atoms with Crippen LogP contribution >= 0.6 is 27.5 Å². The summed E-state index contributed by atoms with van der Waals surface area (Å²) in [6.45, 7) is 6.75. The molecule has 0 saturated heterocycles. The Kier molecular flexibility index (Phi) is 5.64. The average molecular weight is 357 g/mol. The zero-order valence-electron chi connectivity index (χ0n) is 11.8. The summed E-state index contributed by atoms with van der Waals surface area (Å²) in [6, 6.07) is 6.45. The van der Waals surface area contributed by atoms with Gasteiger partial charge in [-0.2, -0.15) is 5.10 Å². The van der Waals surface area contributed by atoms with Crippen LogP contribution in [0, 0.1) is 6.92 Å². The van der Waals surface area contributed by atoms with Crippen molar-refractivity contribution in [2.45, 2.75) is 33.4 Å². The smallest absolute Gasteiger partial charge is 0.0815 e. The number of nitrogens with zero attached hydrogens (tertiary/aromatic N) is 2. The normalized spacial score (nSPS) is 11.0. The third-order valence-corrected chi connectivity index (χ3v) is 4.20. The molecule has 0 radical (unpaired) electrons. The van der Waals surface area contributed by atoms with Crippen molar-refractivity contribution >= 4 is 27.5 Å². The van der Waals surface area contributed by atoms with Gasteiger partial charge in [-0.3, -0.25) is 4.68 Å². The highest BCUT2D eigenvalue weighted by atomic mass is 79.9. The summed E-state index contributed by atoms with van der Waals surface area (Å²) >= 11 is 9.67. The van der Waals surface area contributed by atoms with Crippen molar-refractivity contribution < 1.29 is 0 Å². The first-order valence-electron chi connectivity index (χ1n) is 6.77. The van der Waals surface area contributed by atoms with Crippen LogP contribution in [0.3, 0.4) is 0 Å². The van der Waals surface area contributed by atoms with Crippen LogP contribution in [-0.4, -0.2) is 16.3 Å². The van der Waals surface area contributed by atoms with E-state index in [-0.39, 0.29) is 0 Å². The minimum absolute atomic E-state index is 0.710. The van der Waals surface area contributed by atoms with Crippen LogP contribution in [0.1, 0.15) is 30.2 Å². The summed E-state index contributed by atoms with van der Waals surface area (Å²) in [5, 5.41) is 8.49. The third-order valence-electron chi connectivity index (χ3n) is 3.09. The predicted molar refractivity (Wildman–Crippen MR) is 87.2 cm³/mol. The molecule has 1 heterocycles. The van der Waals surface area contributed by atoms with Gasteiger partial charge in [-0.15, -0.1) is 0 Å². The Bertz CT molecular complexity index is 561. The molecule has 0 aliphatic rings. The van der Waals surface area contributed by atoms with Crippen molar-refractivity contribution in [1.82, 2.24) is 15.1 Å². The van der Waals surface area contributed by atoms with Gasteiger partial charge in [0, 0.05) is 17.2 Å². The van der Waals surface area contributed by atoms with Gasteiger partial charge in [-0.05, 0) is 37.1 Å². The van der Waals surface area contributed by atoms with Crippen LogP contribution in [0.15, 0.2) is 28.9 Å². The van der Waals surface area contributed by atoms with E-state index in [1.54, 1.807) is 0 Å². The van der Waals surface area contributed by atoms with E-state index in [4.69, 9.17) is 11.6 Å². The van der Waals surface area contributed by atoms with Gasteiger partial charge in [-0.1, -0.05) is 46.6 Å². The number of benzene rings is 1. The van der Waals surface area contributed by atoms with E-state index in [1.807, 2.05) is 17.8 Å². The first kappa shape index (κ1) is 15.5. The zero-order chi connectivity index (χ0) is 14.5. The van der Waals surface area contributed by atoms with E-state index in [1.165, 1.54) is 11.1 Å². The molecule has 0 bridgehead atoms. The van der Waals surface area contributed by atoms with Crippen LogP contribution in [0.4, 0.5) is 0 Å². The van der Waals surface area contributed by atoms with Gasteiger partial charge in [0.15, 0.2) is 0 Å². The van der Waals surface area contributed by atoms with E-state index in [0.29, 0.717) is 5.02 Å². The van der Waals surface area contributed by atoms with E-state index in [2.05, 4.69) is 51.5 Å². The monoisotopic (exact) mass is 355 g/mol. The van der Waals surface area contributed by atoms with Gasteiger partial charge in [0.05, 0.1) is 17.3 Å². The Balaban J connectivity index is 2.05. The van der Waals surface area contributed by atoms with Gasteiger partial charge in [0.1, 0.15) is 0 Å². The number of aromatic nitrogens is 2. The molecule has 0 unspecified atom stereocenters. The maximum atomic E-state index is 6.03. The molecule has 5 heteroatoms. The fraction of sp³-hybridized carbons (Fsp3) is 0.400. The molecule has 0 aliphatic carbocycles. The molecule has 0 aliphatic heterocycles. The van der Waals surface area contributed by atoms with Crippen molar-refractivity contribution in [3.63, 3.8) is 0 Å². The van der Waals surface area contributed by atoms with Crippen LogP contribution < -0.4 is 5.32 Å². The summed E-state index contributed by atoms with van der Waals surface area (Å²) in [4.78, 5) is 0. The highest BCUT2D eigenvalue weighted by Gasteiger charge is 2.06. The van der Waals surface area contributed by atoms with Crippen LogP contribution in [0.25, 0.3) is 0 Å². The second-order valence-corrected chi connectivity index (χ2v) is 6.12. The number of nitrogens with one attached hydrogen (secondary N) is 1. The predicted octanol–water partition coefficient (Wildman–Crippen LogP) is 4.16. The maximum Gasteiger partial charge on any atom is 0.0815 e. The van der Waals surface area contributed by atoms with Gasteiger partial charge in [0.2, 0.25) is 0 Å². The molecule has 0 spiro atoms. The van der Waals surface area contributed by atoms with Crippen molar-refractivity contribution in [1.29, 1.82) is 0 Å². The van der Waals surface area contributed by atoms with Gasteiger partial charge in [-0.25, -0.2) is 0 Å². The Morgan fingerprint density at radius 1 is 1.40 bits per heavy atom. The molecular weight excluding hydrogens is 338 g/mol. The number of hydrogen-bond donors (Lipinski definition) is 1. The molecule has 1 aromatic heterocycles. The molecule has 20 heavy (non-hydrogen) atoms. The lowest BCUT2D eigenvalue weighted by atomic mass is 10.1. The maximum absolute atomic E-state index is 6.03. The lowest BCUT2D eigenvalue weighted by molar-refractivity contribution is 0.669. The topological polar surface area (TPSA) is 29.9 Å².